The van der Waals surface area contributed by atoms with Crippen LogP contribution in [0, 0.1) is 0 Å². The van der Waals surface area contributed by atoms with Gasteiger partial charge in [-0.05, 0) is 0 Å². The Hall–Kier alpha value is -1.15. The van der Waals surface area contributed by atoms with Crippen LogP contribution in [-0.2, 0) is 4.57 Å². The summed E-state index contributed by atoms with van der Waals surface area (Å²) in [5.41, 5.74) is 0. The van der Waals surface area contributed by atoms with Gasteiger partial charge in [-0.1, -0.05) is 0 Å². The largest absolute Gasteiger partial charge is 0.508 e. The quantitative estimate of drug-likeness (QED) is 0.691. The van der Waals surface area contributed by atoms with Gasteiger partial charge < -0.3 is 14.7 Å². The minimum Gasteiger partial charge on any atom is -0.508 e. The molecule has 2 N–H and O–H groups in total. The van der Waals surface area contributed by atoms with Crippen LogP contribution in [0.1, 0.15) is 0 Å². The molecular weight excluding hydrogens is 179 g/mol. The second-order valence-corrected chi connectivity index (χ2v) is 3.47. The summed E-state index contributed by atoms with van der Waals surface area (Å²) in [7, 11) is -2.09. The molecule has 0 bridgehead atoms. The zero-order valence-corrected chi connectivity index (χ0v) is 7.44. The molecular formula is C7H9O4P. The molecule has 0 aliphatic heterocycles. The third-order valence-corrected chi connectivity index (χ3v) is 1.66. The lowest BCUT2D eigenvalue weighted by Crippen LogP contribution is -1.79. The van der Waals surface area contributed by atoms with E-state index in [0.717, 1.165) is 0 Å². The van der Waals surface area contributed by atoms with Crippen LogP contribution < -0.4 is 4.52 Å². The van der Waals surface area contributed by atoms with E-state index < -0.39 is 8.03 Å². The maximum atomic E-state index is 10.6. The third-order valence-electron chi connectivity index (χ3n) is 1.14. The zero-order valence-electron chi connectivity index (χ0n) is 6.44. The van der Waals surface area contributed by atoms with E-state index in [0.29, 0.717) is 0 Å². The van der Waals surface area contributed by atoms with Crippen molar-refractivity contribution in [2.45, 2.75) is 0 Å². The molecule has 0 saturated carbocycles. The number of phenolic OH excluding ortho intramolecular Hbond substituents is 2. The van der Waals surface area contributed by atoms with Crippen LogP contribution >= 0.6 is 8.03 Å². The lowest BCUT2D eigenvalue weighted by Gasteiger charge is -2.03. The predicted molar refractivity (Wildman–Crippen MR) is 45.3 cm³/mol. The van der Waals surface area contributed by atoms with Crippen molar-refractivity contribution < 1.29 is 19.3 Å². The summed E-state index contributed by atoms with van der Waals surface area (Å²) in [6.07, 6.45) is 0. The third kappa shape index (κ3) is 2.47. The fourth-order valence-electron chi connectivity index (χ4n) is 0.793. The lowest BCUT2D eigenvalue weighted by atomic mass is 10.3. The van der Waals surface area contributed by atoms with E-state index in [9.17, 15) is 4.57 Å². The molecule has 0 fully saturated rings. The fourth-order valence-corrected chi connectivity index (χ4v) is 1.24. The van der Waals surface area contributed by atoms with Crippen molar-refractivity contribution in [3.8, 4) is 17.2 Å². The van der Waals surface area contributed by atoms with E-state index in [4.69, 9.17) is 14.7 Å². The molecule has 5 heteroatoms. The second-order valence-electron chi connectivity index (χ2n) is 2.28. The molecule has 0 radical (unpaired) electrons. The Morgan fingerprint density at radius 2 is 1.75 bits per heavy atom. The highest BCUT2D eigenvalue weighted by atomic mass is 31.1. The van der Waals surface area contributed by atoms with Gasteiger partial charge in [0.05, 0.1) is 0 Å². The Kier molecular flexibility index (Phi) is 2.61. The summed E-state index contributed by atoms with van der Waals surface area (Å²) in [6.45, 7) is 1.42. The highest BCUT2D eigenvalue weighted by Crippen LogP contribution is 2.30. The highest BCUT2D eigenvalue weighted by Gasteiger charge is 2.00. The van der Waals surface area contributed by atoms with Crippen molar-refractivity contribution in [3.05, 3.63) is 18.2 Å². The molecule has 4 nitrogen and oxygen atoms in total. The Labute approximate surface area is 70.3 Å². The highest BCUT2D eigenvalue weighted by molar-refractivity contribution is 7.38. The van der Waals surface area contributed by atoms with Gasteiger partial charge in [0, 0.05) is 24.9 Å². The molecule has 1 rings (SSSR count). The van der Waals surface area contributed by atoms with E-state index in [2.05, 4.69) is 0 Å². The van der Waals surface area contributed by atoms with Gasteiger partial charge in [0.1, 0.15) is 17.2 Å². The average molecular weight is 188 g/mol. The van der Waals surface area contributed by atoms with Crippen molar-refractivity contribution in [2.75, 3.05) is 6.66 Å². The van der Waals surface area contributed by atoms with Crippen molar-refractivity contribution in [2.24, 2.45) is 0 Å². The molecule has 0 amide bonds. The maximum absolute atomic E-state index is 10.6. The molecule has 12 heavy (non-hydrogen) atoms. The van der Waals surface area contributed by atoms with Gasteiger partial charge in [-0.2, -0.15) is 0 Å². The number of aromatic hydroxyl groups is 2. The Morgan fingerprint density at radius 1 is 1.25 bits per heavy atom. The first-order valence-corrected chi connectivity index (χ1v) is 5.11. The van der Waals surface area contributed by atoms with Crippen LogP contribution in [0.25, 0.3) is 0 Å². The normalized spacial score (nSPS) is 12.4. The van der Waals surface area contributed by atoms with Gasteiger partial charge in [0.2, 0.25) is 8.03 Å². The van der Waals surface area contributed by atoms with Gasteiger partial charge in [-0.15, -0.1) is 0 Å². The fraction of sp³-hybridized carbons (Fsp3) is 0.143. The molecule has 1 atom stereocenters. The topological polar surface area (TPSA) is 66.8 Å². The van der Waals surface area contributed by atoms with Gasteiger partial charge in [-0.25, -0.2) is 0 Å². The van der Waals surface area contributed by atoms with E-state index in [1.54, 1.807) is 0 Å². The van der Waals surface area contributed by atoms with Gasteiger partial charge in [-0.3, -0.25) is 4.57 Å². The molecule has 1 aromatic carbocycles. The SMILES string of the molecule is C[PH](=O)Oc1cc(O)cc(O)c1. The number of phenols is 2. The minimum atomic E-state index is -2.09. The standard InChI is InChI=1S/C7H9O4P/c1-12(10)11-7-3-5(8)2-6(9)4-7/h2-4,8-9,12H,1H3. The van der Waals surface area contributed by atoms with E-state index in [-0.39, 0.29) is 17.2 Å². The summed E-state index contributed by atoms with van der Waals surface area (Å²) in [5.74, 6) is -0.0274. The first-order chi connectivity index (χ1) is 5.58. The molecule has 66 valence electrons. The molecule has 0 aliphatic carbocycles. The summed E-state index contributed by atoms with van der Waals surface area (Å²) in [6, 6.07) is 3.73. The molecule has 0 aromatic heterocycles. The molecule has 0 aliphatic rings. The monoisotopic (exact) mass is 188 g/mol. The molecule has 0 spiro atoms. The summed E-state index contributed by atoms with van der Waals surface area (Å²) < 4.78 is 15.4. The molecule has 1 aromatic rings. The van der Waals surface area contributed by atoms with E-state index >= 15 is 0 Å². The van der Waals surface area contributed by atoms with E-state index in [1.807, 2.05) is 0 Å². The van der Waals surface area contributed by atoms with Crippen molar-refractivity contribution in [1.29, 1.82) is 0 Å². The van der Waals surface area contributed by atoms with Crippen LogP contribution in [0.3, 0.4) is 0 Å². The number of rotatable bonds is 2. The van der Waals surface area contributed by atoms with E-state index in [1.165, 1.54) is 24.9 Å². The Balaban J connectivity index is 2.93. The van der Waals surface area contributed by atoms with Gasteiger partial charge >= 0.3 is 0 Å². The lowest BCUT2D eigenvalue weighted by molar-refractivity contribution is 0.442. The van der Waals surface area contributed by atoms with Crippen LogP contribution in [0.2, 0.25) is 0 Å². The molecule has 0 heterocycles. The van der Waals surface area contributed by atoms with Crippen molar-refractivity contribution in [1.82, 2.24) is 0 Å². The van der Waals surface area contributed by atoms with Crippen molar-refractivity contribution >= 4 is 8.03 Å². The molecule has 1 unspecified atom stereocenters. The first-order valence-electron chi connectivity index (χ1n) is 3.29. The predicted octanol–water partition coefficient (Wildman–Crippen LogP) is 1.58. The Morgan fingerprint density at radius 3 is 2.17 bits per heavy atom. The number of benzene rings is 1. The second kappa shape index (κ2) is 3.50. The Bertz CT molecular complexity index is 290. The summed E-state index contributed by atoms with van der Waals surface area (Å²) >= 11 is 0. The minimum absolute atomic E-state index is 0.117. The zero-order chi connectivity index (χ0) is 9.14. The first kappa shape index (κ1) is 8.94. The van der Waals surface area contributed by atoms with Crippen molar-refractivity contribution in [3.63, 3.8) is 0 Å². The summed E-state index contributed by atoms with van der Waals surface area (Å²) in [4.78, 5) is 0. The molecule has 0 saturated heterocycles. The number of hydrogen-bond acceptors (Lipinski definition) is 4. The van der Waals surface area contributed by atoms with Crippen LogP contribution in [0.15, 0.2) is 18.2 Å². The van der Waals surface area contributed by atoms with Crippen LogP contribution in [0.4, 0.5) is 0 Å². The average Bonchev–Trinajstić information content (AvgIpc) is 1.81. The maximum Gasteiger partial charge on any atom is 0.233 e. The van der Waals surface area contributed by atoms with Gasteiger partial charge in [0.25, 0.3) is 0 Å². The summed E-state index contributed by atoms with van der Waals surface area (Å²) in [5, 5.41) is 18.0. The van der Waals surface area contributed by atoms with Crippen LogP contribution in [-0.4, -0.2) is 16.9 Å². The smallest absolute Gasteiger partial charge is 0.233 e. The van der Waals surface area contributed by atoms with Crippen LogP contribution in [0.5, 0.6) is 17.2 Å². The van der Waals surface area contributed by atoms with Gasteiger partial charge in [0.15, 0.2) is 0 Å². The number of hydrogen-bond donors (Lipinski definition) is 2.